The number of ether oxygens (including phenoxy) is 1. The predicted molar refractivity (Wildman–Crippen MR) is 57.9 cm³/mol. The van der Waals surface area contributed by atoms with Crippen molar-refractivity contribution in [2.45, 2.75) is 13.3 Å². The van der Waals surface area contributed by atoms with Crippen LogP contribution in [0.3, 0.4) is 0 Å². The number of rotatable bonds is 2. The van der Waals surface area contributed by atoms with E-state index in [4.69, 9.17) is 5.11 Å². The van der Waals surface area contributed by atoms with Gasteiger partial charge in [0.05, 0.1) is 11.3 Å². The third-order valence-corrected chi connectivity index (χ3v) is 2.25. The van der Waals surface area contributed by atoms with E-state index in [2.05, 4.69) is 14.9 Å². The number of fused-ring (bicyclic) bond motifs is 1. The molecule has 19 heavy (non-hydrogen) atoms. The summed E-state index contributed by atoms with van der Waals surface area (Å²) in [6, 6.07) is 3.41. The van der Waals surface area contributed by atoms with Gasteiger partial charge in [-0.15, -0.1) is 18.3 Å². The number of hydrogen-bond acceptors (Lipinski definition) is 4. The molecule has 0 bridgehead atoms. The molecule has 0 amide bonds. The van der Waals surface area contributed by atoms with Gasteiger partial charge in [0.1, 0.15) is 5.52 Å². The van der Waals surface area contributed by atoms with Gasteiger partial charge in [-0.05, 0) is 25.1 Å². The summed E-state index contributed by atoms with van der Waals surface area (Å²) in [5, 5.41) is 16.3. The quantitative estimate of drug-likeness (QED) is 0.909. The summed E-state index contributed by atoms with van der Waals surface area (Å²) in [6.07, 6.45) is -4.93. The van der Waals surface area contributed by atoms with Gasteiger partial charge in [-0.3, -0.25) is 0 Å². The molecule has 0 aliphatic carbocycles. The van der Waals surface area contributed by atoms with Crippen LogP contribution in [0.25, 0.3) is 10.9 Å². The molecule has 0 aliphatic heterocycles. The van der Waals surface area contributed by atoms with Crippen LogP contribution in [-0.2, 0) is 0 Å². The molecule has 0 fully saturated rings. The van der Waals surface area contributed by atoms with Crippen LogP contribution < -0.4 is 4.74 Å². The molecule has 0 unspecified atom stereocenters. The summed E-state index contributed by atoms with van der Waals surface area (Å²) >= 11 is 0. The van der Waals surface area contributed by atoms with E-state index in [9.17, 15) is 18.0 Å². The molecule has 8 heteroatoms. The van der Waals surface area contributed by atoms with Gasteiger partial charge in [-0.1, -0.05) is 0 Å². The summed E-state index contributed by atoms with van der Waals surface area (Å²) < 4.78 is 40.6. The zero-order valence-corrected chi connectivity index (χ0v) is 9.52. The lowest BCUT2D eigenvalue weighted by molar-refractivity contribution is -0.274. The molecule has 100 valence electrons. The average molecular weight is 272 g/mol. The van der Waals surface area contributed by atoms with Crippen molar-refractivity contribution in [2.24, 2.45) is 0 Å². The highest BCUT2D eigenvalue weighted by atomic mass is 19.4. The predicted octanol–water partition coefficient (Wildman–Crippen LogP) is 2.54. The standard InChI is InChI=1S/C11H7F3N2O3/c1-5-2-6-3-7(10(17)18)4-8(9(6)16-15-5)19-11(12,13)14/h2-4H,1H3,(H,17,18). The number of nitrogens with zero attached hydrogens (tertiary/aromatic N) is 2. The van der Waals surface area contributed by atoms with E-state index >= 15 is 0 Å². The Morgan fingerprint density at radius 3 is 2.53 bits per heavy atom. The smallest absolute Gasteiger partial charge is 0.478 e. The maximum Gasteiger partial charge on any atom is 0.573 e. The first-order valence-corrected chi connectivity index (χ1v) is 5.03. The molecule has 0 aliphatic rings. The van der Waals surface area contributed by atoms with Gasteiger partial charge in [-0.2, -0.15) is 5.10 Å². The third-order valence-electron chi connectivity index (χ3n) is 2.25. The first kappa shape index (κ1) is 13.1. The van der Waals surface area contributed by atoms with Crippen LogP contribution in [0.4, 0.5) is 13.2 Å². The fourth-order valence-electron chi connectivity index (χ4n) is 1.56. The molecule has 1 N–H and O–H groups in total. The van der Waals surface area contributed by atoms with Crippen molar-refractivity contribution in [3.05, 3.63) is 29.5 Å². The van der Waals surface area contributed by atoms with Crippen molar-refractivity contribution >= 4 is 16.9 Å². The molecule has 5 nitrogen and oxygen atoms in total. The number of alkyl halides is 3. The lowest BCUT2D eigenvalue weighted by Gasteiger charge is -2.11. The number of carboxylic acid groups (broad SMARTS) is 1. The van der Waals surface area contributed by atoms with Gasteiger partial charge in [0.15, 0.2) is 5.75 Å². The first-order chi connectivity index (χ1) is 8.76. The SMILES string of the molecule is Cc1cc2cc(C(=O)O)cc(OC(F)(F)F)c2nn1. The van der Waals surface area contributed by atoms with Crippen molar-refractivity contribution in [2.75, 3.05) is 0 Å². The summed E-state index contributed by atoms with van der Waals surface area (Å²) in [7, 11) is 0. The number of halogens is 3. The fraction of sp³-hybridized carbons (Fsp3) is 0.182. The second-order valence-corrected chi connectivity index (χ2v) is 3.75. The van der Waals surface area contributed by atoms with Crippen molar-refractivity contribution in [1.82, 2.24) is 10.2 Å². The number of hydrogen-bond donors (Lipinski definition) is 1. The van der Waals surface area contributed by atoms with E-state index in [1.165, 1.54) is 12.1 Å². The Hall–Kier alpha value is -2.38. The fourth-order valence-corrected chi connectivity index (χ4v) is 1.56. The lowest BCUT2D eigenvalue weighted by Crippen LogP contribution is -2.18. The molecule has 0 spiro atoms. The maximum atomic E-state index is 12.3. The average Bonchev–Trinajstić information content (AvgIpc) is 2.25. The first-order valence-electron chi connectivity index (χ1n) is 5.03. The van der Waals surface area contributed by atoms with Crippen molar-refractivity contribution in [3.8, 4) is 5.75 Å². The number of carboxylic acids is 1. The highest BCUT2D eigenvalue weighted by molar-refractivity contribution is 5.96. The molecule has 0 atom stereocenters. The topological polar surface area (TPSA) is 72.3 Å². The molecule has 0 saturated carbocycles. The minimum absolute atomic E-state index is 0.145. The van der Waals surface area contributed by atoms with E-state index in [1.54, 1.807) is 6.92 Å². The number of carbonyl (C=O) groups is 1. The Morgan fingerprint density at radius 2 is 1.95 bits per heavy atom. The normalized spacial score (nSPS) is 11.6. The van der Waals surface area contributed by atoms with E-state index in [0.29, 0.717) is 5.69 Å². The summed E-state index contributed by atoms with van der Waals surface area (Å²) in [4.78, 5) is 10.9. The lowest BCUT2D eigenvalue weighted by atomic mass is 10.1. The third kappa shape index (κ3) is 2.90. The van der Waals surface area contributed by atoms with Gasteiger partial charge in [0, 0.05) is 5.39 Å². The van der Waals surface area contributed by atoms with Gasteiger partial charge in [0.25, 0.3) is 0 Å². The monoisotopic (exact) mass is 272 g/mol. The Kier molecular flexibility index (Phi) is 3.01. The van der Waals surface area contributed by atoms with Crippen LogP contribution in [0.5, 0.6) is 5.75 Å². The van der Waals surface area contributed by atoms with Crippen molar-refractivity contribution < 1.29 is 27.8 Å². The van der Waals surface area contributed by atoms with E-state index in [0.717, 1.165) is 6.07 Å². The van der Waals surface area contributed by atoms with Gasteiger partial charge >= 0.3 is 12.3 Å². The van der Waals surface area contributed by atoms with Crippen LogP contribution in [-0.4, -0.2) is 27.6 Å². The minimum Gasteiger partial charge on any atom is -0.478 e. The second kappa shape index (κ2) is 4.38. The van der Waals surface area contributed by atoms with Crippen molar-refractivity contribution in [3.63, 3.8) is 0 Å². The highest BCUT2D eigenvalue weighted by Gasteiger charge is 2.32. The van der Waals surface area contributed by atoms with E-state index in [1.807, 2.05) is 0 Å². The van der Waals surface area contributed by atoms with E-state index < -0.39 is 18.1 Å². The van der Waals surface area contributed by atoms with Gasteiger partial charge in [-0.25, -0.2) is 4.79 Å². The van der Waals surface area contributed by atoms with Crippen molar-refractivity contribution in [1.29, 1.82) is 0 Å². The molecular weight excluding hydrogens is 265 g/mol. The number of aryl methyl sites for hydroxylation is 1. The number of aromatic carboxylic acids is 1. The van der Waals surface area contributed by atoms with Gasteiger partial charge in [0.2, 0.25) is 0 Å². The number of aromatic nitrogens is 2. The molecule has 0 saturated heterocycles. The maximum absolute atomic E-state index is 12.3. The molecule has 0 radical (unpaired) electrons. The molecule has 1 aromatic heterocycles. The highest BCUT2D eigenvalue weighted by Crippen LogP contribution is 2.30. The van der Waals surface area contributed by atoms with Crippen LogP contribution in [0.2, 0.25) is 0 Å². The van der Waals surface area contributed by atoms with Gasteiger partial charge < -0.3 is 9.84 Å². The number of benzene rings is 1. The zero-order chi connectivity index (χ0) is 14.2. The summed E-state index contributed by atoms with van der Waals surface area (Å²) in [6.45, 7) is 1.59. The van der Waals surface area contributed by atoms with Crippen LogP contribution in [0, 0.1) is 6.92 Å². The Labute approximate surface area is 104 Å². The molecule has 1 heterocycles. The summed E-state index contributed by atoms with van der Waals surface area (Å²) in [5.74, 6) is -2.04. The molecule has 1 aromatic carbocycles. The minimum atomic E-state index is -4.93. The largest absolute Gasteiger partial charge is 0.573 e. The van der Waals surface area contributed by atoms with Crippen LogP contribution in [0.15, 0.2) is 18.2 Å². The van der Waals surface area contributed by atoms with Crippen LogP contribution >= 0.6 is 0 Å². The molecule has 2 rings (SSSR count). The second-order valence-electron chi connectivity index (χ2n) is 3.75. The van der Waals surface area contributed by atoms with Crippen LogP contribution in [0.1, 0.15) is 16.1 Å². The Bertz CT molecular complexity index is 655. The summed E-state index contributed by atoms with van der Waals surface area (Å²) in [5.41, 5.74) is -0.0138. The Morgan fingerprint density at radius 1 is 1.26 bits per heavy atom. The van der Waals surface area contributed by atoms with E-state index in [-0.39, 0.29) is 16.5 Å². The Balaban J connectivity index is 2.68. The zero-order valence-electron chi connectivity index (χ0n) is 9.52. The molecular formula is C11H7F3N2O3. The molecule has 2 aromatic rings.